The van der Waals surface area contributed by atoms with Crippen molar-refractivity contribution in [2.24, 2.45) is 0 Å². The predicted octanol–water partition coefficient (Wildman–Crippen LogP) is 4.97. The van der Waals surface area contributed by atoms with Crippen LogP contribution in [0.25, 0.3) is 0 Å². The summed E-state index contributed by atoms with van der Waals surface area (Å²) in [6, 6.07) is 0.453. The van der Waals surface area contributed by atoms with Crippen molar-refractivity contribution >= 4 is 35.1 Å². The van der Waals surface area contributed by atoms with Gasteiger partial charge in [-0.1, -0.05) is 19.6 Å². The average Bonchev–Trinajstić information content (AvgIpc) is 2.22. The Morgan fingerprint density at radius 3 is 1.91 bits per heavy atom. The fourth-order valence-electron chi connectivity index (χ4n) is 1.47. The molecule has 0 spiro atoms. The van der Waals surface area contributed by atoms with Gasteiger partial charge in [-0.05, 0) is 39.3 Å². The molecule has 0 aliphatic heterocycles. The lowest BCUT2D eigenvalue weighted by Gasteiger charge is -2.23. The third-order valence-electron chi connectivity index (χ3n) is 2.26. The molecule has 0 bridgehead atoms. The van der Waals surface area contributed by atoms with E-state index in [9.17, 15) is 0 Å². The summed E-state index contributed by atoms with van der Waals surface area (Å²) in [6.07, 6.45) is 1.88. The minimum atomic E-state index is -1.72. The molecule has 1 heterocycles. The Morgan fingerprint density at radius 1 is 0.909 bits per heavy atom. The molecule has 1 aromatic rings. The third kappa shape index (κ3) is 8.35. The Kier molecular flexibility index (Phi) is 6.33. The Morgan fingerprint density at radius 2 is 1.45 bits per heavy atom. The maximum atomic E-state index is 6.18. The first-order chi connectivity index (χ1) is 9.75. The van der Waals surface area contributed by atoms with E-state index in [1.807, 2.05) is 17.4 Å². The minimum absolute atomic E-state index is 0.453. The van der Waals surface area contributed by atoms with E-state index in [0.717, 1.165) is 11.3 Å². The average molecular weight is 375 g/mol. The minimum Gasteiger partial charge on any atom is -0.531 e. The zero-order valence-electron chi connectivity index (χ0n) is 15.4. The van der Waals surface area contributed by atoms with Crippen LogP contribution in [-0.2, 0) is 5.75 Å². The highest BCUT2D eigenvalue weighted by atomic mass is 32.4. The molecule has 0 aromatic carbocycles. The second-order valence-corrected chi connectivity index (χ2v) is 26.5. The predicted molar refractivity (Wildman–Crippen MR) is 105 cm³/mol. The zero-order valence-corrected chi connectivity index (χ0v) is 19.2. The van der Waals surface area contributed by atoms with Crippen LogP contribution < -0.4 is 8.85 Å². The number of hydrogen-bond donors (Lipinski definition) is 0. The SMILES string of the molecule is C[Si](C)(C)Oc1ncc(CS[Si](C)(C)C)c(O[Si](C)(C)C)n1. The molecule has 0 aliphatic carbocycles. The third-order valence-corrected chi connectivity index (χ3v) is 8.22. The van der Waals surface area contributed by atoms with Gasteiger partial charge in [0.05, 0.1) is 0 Å². The van der Waals surface area contributed by atoms with E-state index in [0.29, 0.717) is 11.9 Å². The lowest BCUT2D eigenvalue weighted by molar-refractivity contribution is 0.472. The van der Waals surface area contributed by atoms with Gasteiger partial charge in [-0.2, -0.15) is 16.2 Å². The van der Waals surface area contributed by atoms with Crippen molar-refractivity contribution in [1.82, 2.24) is 9.97 Å². The van der Waals surface area contributed by atoms with Crippen LogP contribution >= 0.6 is 11.2 Å². The summed E-state index contributed by atoms with van der Waals surface area (Å²) < 4.78 is 12.1. The van der Waals surface area contributed by atoms with Gasteiger partial charge in [0.2, 0.25) is 22.5 Å². The quantitative estimate of drug-likeness (QED) is 0.630. The molecule has 0 atom stereocenters. The van der Waals surface area contributed by atoms with Crippen LogP contribution in [0.3, 0.4) is 0 Å². The van der Waals surface area contributed by atoms with E-state index in [-0.39, 0.29) is 0 Å². The summed E-state index contributed by atoms with van der Waals surface area (Å²) in [4.78, 5) is 8.95. The molecule has 8 heteroatoms. The van der Waals surface area contributed by atoms with Crippen LogP contribution in [0.4, 0.5) is 0 Å². The molecule has 0 saturated carbocycles. The molecule has 0 N–H and O–H groups in total. The van der Waals surface area contributed by atoms with Gasteiger partial charge in [-0.15, -0.1) is 0 Å². The number of hydrogen-bond acceptors (Lipinski definition) is 5. The van der Waals surface area contributed by atoms with Crippen molar-refractivity contribution < 1.29 is 8.85 Å². The Balaban J connectivity index is 3.04. The first-order valence-electron chi connectivity index (χ1n) is 7.63. The van der Waals surface area contributed by atoms with E-state index in [2.05, 4.69) is 68.9 Å². The summed E-state index contributed by atoms with van der Waals surface area (Å²) in [5.41, 5.74) is 1.08. The van der Waals surface area contributed by atoms with Crippen LogP contribution in [0.15, 0.2) is 6.20 Å². The molecule has 0 unspecified atom stereocenters. The molecular weight excluding hydrogens is 344 g/mol. The van der Waals surface area contributed by atoms with Crippen LogP contribution in [-0.4, -0.2) is 33.8 Å². The molecule has 126 valence electrons. The Hall–Kier alpha value is -0.319. The molecule has 0 aliphatic rings. The highest BCUT2D eigenvalue weighted by molar-refractivity contribution is 8.28. The van der Waals surface area contributed by atoms with Gasteiger partial charge in [0.1, 0.15) is 7.22 Å². The lowest BCUT2D eigenvalue weighted by Crippen LogP contribution is -2.32. The van der Waals surface area contributed by atoms with Gasteiger partial charge in [0.15, 0.2) is 0 Å². The molecule has 0 saturated heterocycles. The maximum absolute atomic E-state index is 6.18. The van der Waals surface area contributed by atoms with Gasteiger partial charge >= 0.3 is 6.01 Å². The standard InChI is InChI=1S/C14H30N2O2SSi3/c1-20(2,3)17-13-12(11-19-22(7,8)9)10-15-14(16-13)18-21(4,5)6/h10H,11H2,1-9H3. The summed E-state index contributed by atoms with van der Waals surface area (Å²) in [6.45, 7) is 19.9. The monoisotopic (exact) mass is 374 g/mol. The van der Waals surface area contributed by atoms with Gasteiger partial charge in [0, 0.05) is 17.5 Å². The number of nitrogens with zero attached hydrogens (tertiary/aromatic N) is 2. The Labute approximate surface area is 142 Å². The first kappa shape index (κ1) is 19.7. The smallest absolute Gasteiger partial charge is 0.305 e. The van der Waals surface area contributed by atoms with Crippen molar-refractivity contribution in [3.8, 4) is 11.9 Å². The van der Waals surface area contributed by atoms with Gasteiger partial charge in [0.25, 0.3) is 0 Å². The summed E-state index contributed by atoms with van der Waals surface area (Å²) in [5, 5.41) is 0. The second-order valence-electron chi connectivity index (χ2n) is 8.31. The van der Waals surface area contributed by atoms with E-state index < -0.39 is 23.9 Å². The van der Waals surface area contributed by atoms with E-state index in [1.54, 1.807) is 0 Å². The molecule has 0 radical (unpaired) electrons. The van der Waals surface area contributed by atoms with Crippen LogP contribution in [0, 0.1) is 0 Å². The van der Waals surface area contributed by atoms with Crippen molar-refractivity contribution in [3.05, 3.63) is 11.8 Å². The Bertz CT molecular complexity index is 508. The summed E-state index contributed by atoms with van der Waals surface area (Å²) >= 11 is 2.01. The van der Waals surface area contributed by atoms with Gasteiger partial charge in [-0.3, -0.25) is 0 Å². The van der Waals surface area contributed by atoms with E-state index in [4.69, 9.17) is 8.85 Å². The molecule has 1 aromatic heterocycles. The van der Waals surface area contributed by atoms with Crippen LogP contribution in [0.2, 0.25) is 58.9 Å². The number of rotatable bonds is 7. The molecule has 0 fully saturated rings. The molecule has 0 amide bonds. The maximum Gasteiger partial charge on any atom is 0.305 e. The first-order valence-corrected chi connectivity index (χ1v) is 19.7. The van der Waals surface area contributed by atoms with Crippen molar-refractivity contribution in [2.45, 2.75) is 64.7 Å². The molecule has 22 heavy (non-hydrogen) atoms. The van der Waals surface area contributed by atoms with E-state index >= 15 is 0 Å². The van der Waals surface area contributed by atoms with Crippen molar-refractivity contribution in [1.29, 1.82) is 0 Å². The van der Waals surface area contributed by atoms with Gasteiger partial charge < -0.3 is 8.85 Å². The highest BCUT2D eigenvalue weighted by Crippen LogP contribution is 2.30. The van der Waals surface area contributed by atoms with Crippen LogP contribution in [0.1, 0.15) is 5.56 Å². The normalized spacial score (nSPS) is 13.1. The lowest BCUT2D eigenvalue weighted by atomic mass is 10.4. The van der Waals surface area contributed by atoms with Gasteiger partial charge in [-0.25, -0.2) is 4.98 Å². The second kappa shape index (κ2) is 7.06. The zero-order chi connectivity index (χ0) is 17.2. The van der Waals surface area contributed by atoms with E-state index in [1.165, 1.54) is 0 Å². The number of aromatic nitrogens is 2. The molecule has 1 rings (SSSR count). The topological polar surface area (TPSA) is 44.2 Å². The summed E-state index contributed by atoms with van der Waals surface area (Å²) in [7, 11) is -4.61. The fraction of sp³-hybridized carbons (Fsp3) is 0.714. The van der Waals surface area contributed by atoms with Crippen molar-refractivity contribution in [2.75, 3.05) is 0 Å². The largest absolute Gasteiger partial charge is 0.531 e. The summed E-state index contributed by atoms with van der Waals surface area (Å²) in [5.74, 6) is 1.62. The molecule has 4 nitrogen and oxygen atoms in total. The van der Waals surface area contributed by atoms with Crippen molar-refractivity contribution in [3.63, 3.8) is 0 Å². The molecular formula is C14H30N2O2SSi3. The fourth-order valence-corrected chi connectivity index (χ4v) is 5.43. The van der Waals surface area contributed by atoms with Crippen LogP contribution in [0.5, 0.6) is 11.9 Å². The highest BCUT2D eigenvalue weighted by Gasteiger charge is 2.24.